The molecule has 0 aliphatic carbocycles. The molecule has 7 heteroatoms. The molecule has 1 aromatic carbocycles. The molecule has 3 heterocycles. The lowest BCUT2D eigenvalue weighted by Gasteiger charge is -2.06. The van der Waals surface area contributed by atoms with E-state index in [2.05, 4.69) is 37.4 Å². The Morgan fingerprint density at radius 3 is 2.88 bits per heavy atom. The average Bonchev–Trinajstić information content (AvgIpc) is 3.16. The van der Waals surface area contributed by atoms with E-state index in [4.69, 9.17) is 11.6 Å². The lowest BCUT2D eigenvalue weighted by Crippen LogP contribution is -2.08. The number of nitrogens with zero attached hydrogens (tertiary/aromatic N) is 5. The van der Waals surface area contributed by atoms with Crippen LogP contribution in [-0.4, -0.2) is 30.9 Å². The summed E-state index contributed by atoms with van der Waals surface area (Å²) in [6, 6.07) is 9.89. The van der Waals surface area contributed by atoms with E-state index in [1.54, 1.807) is 4.52 Å². The standard InChI is InChI=1S/C18H19ClN6/c1-3-17-21-22-18-7-6-16(23-25(17)18)20-9-8-12-11-24(2)15-10-13(19)4-5-14(12)15/h4-7,10-11H,3,8-9H2,1-2H3,(H,20,23). The zero-order valence-electron chi connectivity index (χ0n) is 14.2. The Kier molecular flexibility index (Phi) is 4.05. The van der Waals surface area contributed by atoms with Gasteiger partial charge in [-0.25, -0.2) is 0 Å². The van der Waals surface area contributed by atoms with Gasteiger partial charge in [0.1, 0.15) is 5.82 Å². The van der Waals surface area contributed by atoms with Gasteiger partial charge in [0.05, 0.1) is 0 Å². The van der Waals surface area contributed by atoms with Gasteiger partial charge in [0.15, 0.2) is 11.5 Å². The van der Waals surface area contributed by atoms with E-state index in [0.717, 1.165) is 47.2 Å². The van der Waals surface area contributed by atoms with Crippen molar-refractivity contribution in [2.75, 3.05) is 11.9 Å². The van der Waals surface area contributed by atoms with Crippen LogP contribution in [0.3, 0.4) is 0 Å². The Morgan fingerprint density at radius 2 is 2.04 bits per heavy atom. The van der Waals surface area contributed by atoms with Crippen molar-refractivity contribution in [3.8, 4) is 0 Å². The maximum atomic E-state index is 6.10. The lowest BCUT2D eigenvalue weighted by atomic mass is 10.1. The van der Waals surface area contributed by atoms with Gasteiger partial charge < -0.3 is 9.88 Å². The summed E-state index contributed by atoms with van der Waals surface area (Å²) in [5.74, 6) is 1.69. The number of aromatic nitrogens is 5. The Morgan fingerprint density at radius 1 is 1.16 bits per heavy atom. The maximum Gasteiger partial charge on any atom is 0.178 e. The number of benzene rings is 1. The minimum atomic E-state index is 0.761. The van der Waals surface area contributed by atoms with Crippen LogP contribution >= 0.6 is 11.6 Å². The number of halogens is 1. The molecule has 0 saturated heterocycles. The molecule has 4 aromatic rings. The van der Waals surface area contributed by atoms with Crippen LogP contribution in [0.25, 0.3) is 16.6 Å². The van der Waals surface area contributed by atoms with E-state index in [1.165, 1.54) is 10.9 Å². The molecule has 0 spiro atoms. The third kappa shape index (κ3) is 2.93. The second kappa shape index (κ2) is 6.37. The highest BCUT2D eigenvalue weighted by Crippen LogP contribution is 2.24. The maximum absolute atomic E-state index is 6.10. The van der Waals surface area contributed by atoms with Gasteiger partial charge in [-0.2, -0.15) is 4.52 Å². The molecule has 0 amide bonds. The average molecular weight is 355 g/mol. The molecule has 3 aromatic heterocycles. The summed E-state index contributed by atoms with van der Waals surface area (Å²) < 4.78 is 3.91. The fourth-order valence-corrected chi connectivity index (χ4v) is 3.28. The van der Waals surface area contributed by atoms with Crippen molar-refractivity contribution in [3.05, 3.63) is 52.9 Å². The smallest absolute Gasteiger partial charge is 0.178 e. The van der Waals surface area contributed by atoms with Crippen LogP contribution in [0.2, 0.25) is 5.02 Å². The van der Waals surface area contributed by atoms with Crippen molar-refractivity contribution < 1.29 is 0 Å². The normalized spacial score (nSPS) is 11.5. The number of aryl methyl sites for hydroxylation is 2. The van der Waals surface area contributed by atoms with Crippen molar-refractivity contribution >= 4 is 34.0 Å². The quantitative estimate of drug-likeness (QED) is 0.596. The molecule has 0 bridgehead atoms. The van der Waals surface area contributed by atoms with Crippen molar-refractivity contribution in [2.45, 2.75) is 19.8 Å². The van der Waals surface area contributed by atoms with Crippen LogP contribution in [0.4, 0.5) is 5.82 Å². The number of nitrogens with one attached hydrogen (secondary N) is 1. The van der Waals surface area contributed by atoms with E-state index < -0.39 is 0 Å². The lowest BCUT2D eigenvalue weighted by molar-refractivity contribution is 0.821. The Hall–Kier alpha value is -2.60. The van der Waals surface area contributed by atoms with Crippen LogP contribution in [0.5, 0.6) is 0 Å². The summed E-state index contributed by atoms with van der Waals surface area (Å²) in [7, 11) is 2.05. The fourth-order valence-electron chi connectivity index (χ4n) is 3.11. The topological polar surface area (TPSA) is 60.0 Å². The highest BCUT2D eigenvalue weighted by atomic mass is 35.5. The predicted molar refractivity (Wildman–Crippen MR) is 100 cm³/mol. The van der Waals surface area contributed by atoms with Crippen molar-refractivity contribution in [2.24, 2.45) is 7.05 Å². The van der Waals surface area contributed by atoms with Gasteiger partial charge >= 0.3 is 0 Å². The molecule has 128 valence electrons. The summed E-state index contributed by atoms with van der Waals surface area (Å²) in [5, 5.41) is 18.2. The Bertz CT molecular complexity index is 1050. The van der Waals surface area contributed by atoms with Gasteiger partial charge in [-0.3, -0.25) is 0 Å². The van der Waals surface area contributed by atoms with E-state index in [9.17, 15) is 0 Å². The number of rotatable bonds is 5. The van der Waals surface area contributed by atoms with E-state index >= 15 is 0 Å². The molecule has 4 rings (SSSR count). The van der Waals surface area contributed by atoms with Crippen LogP contribution in [-0.2, 0) is 19.9 Å². The Balaban J connectivity index is 1.51. The monoisotopic (exact) mass is 354 g/mol. The predicted octanol–water partition coefficient (Wildman–Crippen LogP) is 3.49. The van der Waals surface area contributed by atoms with Gasteiger partial charge in [-0.15, -0.1) is 15.3 Å². The van der Waals surface area contributed by atoms with Crippen LogP contribution in [0, 0.1) is 0 Å². The molecule has 0 saturated carbocycles. The molecule has 6 nitrogen and oxygen atoms in total. The summed E-state index contributed by atoms with van der Waals surface area (Å²) in [5.41, 5.74) is 3.22. The first-order valence-electron chi connectivity index (χ1n) is 8.34. The number of anilines is 1. The molecule has 0 aliphatic heterocycles. The summed E-state index contributed by atoms with van der Waals surface area (Å²) in [6.07, 6.45) is 3.87. The van der Waals surface area contributed by atoms with Crippen LogP contribution in [0.15, 0.2) is 36.5 Å². The molecule has 0 radical (unpaired) electrons. The third-order valence-electron chi connectivity index (χ3n) is 4.38. The SMILES string of the molecule is CCc1nnc2ccc(NCCc3cn(C)c4cc(Cl)ccc34)nn12. The summed E-state index contributed by atoms with van der Waals surface area (Å²) in [4.78, 5) is 0. The fraction of sp³-hybridized carbons (Fsp3) is 0.278. The first-order chi connectivity index (χ1) is 12.2. The molecular weight excluding hydrogens is 336 g/mol. The molecule has 0 unspecified atom stereocenters. The highest BCUT2D eigenvalue weighted by Gasteiger charge is 2.08. The van der Waals surface area contributed by atoms with Crippen molar-refractivity contribution in [1.29, 1.82) is 0 Å². The van der Waals surface area contributed by atoms with E-state index in [-0.39, 0.29) is 0 Å². The van der Waals surface area contributed by atoms with Crippen molar-refractivity contribution in [3.63, 3.8) is 0 Å². The molecular formula is C18H19ClN6. The molecule has 1 N–H and O–H groups in total. The van der Waals surface area contributed by atoms with E-state index in [1.807, 2.05) is 38.2 Å². The van der Waals surface area contributed by atoms with Gasteiger partial charge in [-0.1, -0.05) is 24.6 Å². The number of hydrogen-bond donors (Lipinski definition) is 1. The highest BCUT2D eigenvalue weighted by molar-refractivity contribution is 6.31. The largest absolute Gasteiger partial charge is 0.368 e. The number of hydrogen-bond acceptors (Lipinski definition) is 4. The summed E-state index contributed by atoms with van der Waals surface area (Å²) in [6.45, 7) is 2.84. The van der Waals surface area contributed by atoms with Gasteiger partial charge in [0.2, 0.25) is 0 Å². The molecule has 0 aliphatic rings. The van der Waals surface area contributed by atoms with Crippen LogP contribution in [0.1, 0.15) is 18.3 Å². The van der Waals surface area contributed by atoms with Gasteiger partial charge in [-0.05, 0) is 36.2 Å². The first kappa shape index (κ1) is 15.9. The minimum absolute atomic E-state index is 0.761. The second-order valence-corrected chi connectivity index (χ2v) is 6.50. The molecule has 25 heavy (non-hydrogen) atoms. The molecule has 0 fully saturated rings. The first-order valence-corrected chi connectivity index (χ1v) is 8.72. The van der Waals surface area contributed by atoms with Crippen LogP contribution < -0.4 is 5.32 Å². The van der Waals surface area contributed by atoms with E-state index in [0.29, 0.717) is 0 Å². The number of fused-ring (bicyclic) bond motifs is 2. The summed E-state index contributed by atoms with van der Waals surface area (Å²) >= 11 is 6.10. The Labute approximate surface area is 150 Å². The minimum Gasteiger partial charge on any atom is -0.368 e. The third-order valence-corrected chi connectivity index (χ3v) is 4.61. The molecule has 0 atom stereocenters. The zero-order valence-corrected chi connectivity index (χ0v) is 15.0. The second-order valence-electron chi connectivity index (χ2n) is 6.06. The zero-order chi connectivity index (χ0) is 17.4. The van der Waals surface area contributed by atoms with Gasteiger partial charge in [0, 0.05) is 42.1 Å². The van der Waals surface area contributed by atoms with Gasteiger partial charge in [0.25, 0.3) is 0 Å². The van der Waals surface area contributed by atoms with Crippen molar-refractivity contribution in [1.82, 2.24) is 24.4 Å².